The number of ether oxygens (including phenoxy) is 1. The van der Waals surface area contributed by atoms with Crippen molar-refractivity contribution in [3.63, 3.8) is 0 Å². The van der Waals surface area contributed by atoms with Gasteiger partial charge < -0.3 is 20.7 Å². The number of para-hydroxylation sites is 1. The van der Waals surface area contributed by atoms with Gasteiger partial charge in [0.1, 0.15) is 12.4 Å². The first-order valence-electron chi connectivity index (χ1n) is 8.65. The van der Waals surface area contributed by atoms with E-state index in [4.69, 9.17) is 10.5 Å². The van der Waals surface area contributed by atoms with E-state index < -0.39 is 0 Å². The lowest BCUT2D eigenvalue weighted by Crippen LogP contribution is -2.38. The summed E-state index contributed by atoms with van der Waals surface area (Å²) < 4.78 is 5.64. The van der Waals surface area contributed by atoms with Crippen molar-refractivity contribution < 1.29 is 14.3 Å². The first-order valence-corrected chi connectivity index (χ1v) is 8.65. The van der Waals surface area contributed by atoms with Crippen molar-refractivity contribution in [2.24, 2.45) is 0 Å². The molecule has 0 aliphatic carbocycles. The second-order valence-corrected chi connectivity index (χ2v) is 6.45. The number of anilines is 1. The highest BCUT2D eigenvalue weighted by molar-refractivity contribution is 5.97. The number of carbonyl (C=O) groups excluding carboxylic acids is 2. The maximum Gasteiger partial charge on any atom is 0.251 e. The zero-order valence-electron chi connectivity index (χ0n) is 15.2. The van der Waals surface area contributed by atoms with Gasteiger partial charge in [-0.3, -0.25) is 9.59 Å². The molecule has 1 atom stereocenters. The molecule has 0 spiro atoms. The van der Waals surface area contributed by atoms with Crippen molar-refractivity contribution in [2.75, 3.05) is 25.4 Å². The third kappa shape index (κ3) is 5.37. The smallest absolute Gasteiger partial charge is 0.251 e. The van der Waals surface area contributed by atoms with Crippen LogP contribution in [0.1, 0.15) is 22.3 Å². The van der Waals surface area contributed by atoms with Crippen LogP contribution in [0.5, 0.6) is 5.75 Å². The molecule has 2 aromatic rings. The van der Waals surface area contributed by atoms with Gasteiger partial charge in [-0.15, -0.1) is 12.4 Å². The van der Waals surface area contributed by atoms with Crippen LogP contribution < -0.4 is 15.8 Å². The predicted octanol–water partition coefficient (Wildman–Crippen LogP) is 2.41. The number of nitrogens with zero attached hydrogens (tertiary/aromatic N) is 1. The molecule has 7 heteroatoms. The van der Waals surface area contributed by atoms with Crippen molar-refractivity contribution >= 4 is 29.9 Å². The molecule has 1 heterocycles. The summed E-state index contributed by atoms with van der Waals surface area (Å²) in [6, 6.07) is 14.5. The molecule has 2 amide bonds. The van der Waals surface area contributed by atoms with Gasteiger partial charge in [0.25, 0.3) is 5.91 Å². The van der Waals surface area contributed by atoms with Crippen molar-refractivity contribution in [3.8, 4) is 5.75 Å². The molecule has 3 N–H and O–H groups in total. The Labute approximate surface area is 165 Å². The Morgan fingerprint density at radius 2 is 2.00 bits per heavy atom. The SMILES string of the molecule is Cc1ccc(N)cc1C(=O)NC1CC(=O)N(CCOc2ccccc2)C1.Cl. The fourth-order valence-corrected chi connectivity index (χ4v) is 3.02. The van der Waals surface area contributed by atoms with Crippen LogP contribution in [-0.2, 0) is 4.79 Å². The Kier molecular flexibility index (Phi) is 7.07. The lowest BCUT2D eigenvalue weighted by Gasteiger charge is -2.18. The highest BCUT2D eigenvalue weighted by Crippen LogP contribution is 2.16. The van der Waals surface area contributed by atoms with Crippen LogP contribution in [0.15, 0.2) is 48.5 Å². The highest BCUT2D eigenvalue weighted by atomic mass is 35.5. The first-order chi connectivity index (χ1) is 12.5. The summed E-state index contributed by atoms with van der Waals surface area (Å²) in [5.41, 5.74) is 7.71. The van der Waals surface area contributed by atoms with E-state index >= 15 is 0 Å². The molecular formula is C20H24ClN3O3. The predicted molar refractivity (Wildman–Crippen MR) is 107 cm³/mol. The monoisotopic (exact) mass is 389 g/mol. The van der Waals surface area contributed by atoms with Crippen LogP contribution in [0.4, 0.5) is 5.69 Å². The number of benzene rings is 2. The summed E-state index contributed by atoms with van der Waals surface area (Å²) in [7, 11) is 0. The van der Waals surface area contributed by atoms with E-state index in [9.17, 15) is 9.59 Å². The third-order valence-electron chi connectivity index (χ3n) is 4.43. The molecule has 3 rings (SSSR count). The average Bonchev–Trinajstić information content (AvgIpc) is 2.97. The van der Waals surface area contributed by atoms with Gasteiger partial charge in [-0.2, -0.15) is 0 Å². The van der Waals surface area contributed by atoms with Gasteiger partial charge in [-0.1, -0.05) is 24.3 Å². The Morgan fingerprint density at radius 3 is 2.74 bits per heavy atom. The van der Waals surface area contributed by atoms with E-state index in [-0.39, 0.29) is 30.3 Å². The number of amides is 2. The molecule has 1 aliphatic heterocycles. The number of likely N-dealkylation sites (tertiary alicyclic amines) is 1. The molecule has 1 fully saturated rings. The lowest BCUT2D eigenvalue weighted by atomic mass is 10.1. The maximum absolute atomic E-state index is 12.5. The number of rotatable bonds is 6. The summed E-state index contributed by atoms with van der Waals surface area (Å²) in [5.74, 6) is 0.604. The van der Waals surface area contributed by atoms with Gasteiger partial charge in [0, 0.05) is 24.2 Å². The topological polar surface area (TPSA) is 84.7 Å². The zero-order valence-corrected chi connectivity index (χ0v) is 16.0. The van der Waals surface area contributed by atoms with Crippen LogP contribution in [0.25, 0.3) is 0 Å². The number of nitrogens with one attached hydrogen (secondary N) is 1. The minimum atomic E-state index is -0.201. The van der Waals surface area contributed by atoms with Crippen molar-refractivity contribution in [3.05, 3.63) is 59.7 Å². The normalized spacial score (nSPS) is 16.0. The van der Waals surface area contributed by atoms with Gasteiger partial charge in [0.15, 0.2) is 0 Å². The molecule has 0 radical (unpaired) electrons. The lowest BCUT2D eigenvalue weighted by molar-refractivity contribution is -0.128. The molecule has 0 bridgehead atoms. The molecule has 1 aliphatic rings. The number of carbonyl (C=O) groups is 2. The molecule has 0 aromatic heterocycles. The zero-order chi connectivity index (χ0) is 18.5. The standard InChI is InChI=1S/C20H23N3O3.ClH/c1-14-7-8-15(21)11-18(14)20(25)22-16-12-19(24)23(13-16)9-10-26-17-5-3-2-4-6-17;/h2-8,11,16H,9-10,12-13,21H2,1H3,(H,22,25);1H. The summed E-state index contributed by atoms with van der Waals surface area (Å²) in [6.07, 6.45) is 0.304. The number of hydrogen-bond acceptors (Lipinski definition) is 4. The molecule has 1 saturated heterocycles. The van der Waals surface area contributed by atoms with E-state index in [2.05, 4.69) is 5.32 Å². The molecule has 1 unspecified atom stereocenters. The largest absolute Gasteiger partial charge is 0.492 e. The van der Waals surface area contributed by atoms with E-state index in [0.29, 0.717) is 37.4 Å². The van der Waals surface area contributed by atoms with Crippen LogP contribution in [0, 0.1) is 6.92 Å². The second-order valence-electron chi connectivity index (χ2n) is 6.45. The molecular weight excluding hydrogens is 366 g/mol. The first kappa shape index (κ1) is 20.6. The van der Waals surface area contributed by atoms with Crippen LogP contribution in [0.3, 0.4) is 0 Å². The Bertz CT molecular complexity index is 798. The summed E-state index contributed by atoms with van der Waals surface area (Å²) in [5, 5.41) is 2.93. The van der Waals surface area contributed by atoms with Gasteiger partial charge in [-0.05, 0) is 36.8 Å². The van der Waals surface area contributed by atoms with Gasteiger partial charge in [0.05, 0.1) is 12.6 Å². The number of aryl methyl sites for hydroxylation is 1. The van der Waals surface area contributed by atoms with Crippen LogP contribution in [-0.4, -0.2) is 42.5 Å². The maximum atomic E-state index is 12.5. The van der Waals surface area contributed by atoms with E-state index in [0.717, 1.165) is 11.3 Å². The number of nitrogens with two attached hydrogens (primary N) is 1. The van der Waals surface area contributed by atoms with E-state index in [1.807, 2.05) is 43.3 Å². The fourth-order valence-electron chi connectivity index (χ4n) is 3.02. The molecule has 27 heavy (non-hydrogen) atoms. The summed E-state index contributed by atoms with van der Waals surface area (Å²) in [6.45, 7) is 3.27. The Morgan fingerprint density at radius 1 is 1.26 bits per heavy atom. The van der Waals surface area contributed by atoms with Crippen LogP contribution in [0.2, 0.25) is 0 Å². The third-order valence-corrected chi connectivity index (χ3v) is 4.43. The minimum absolute atomic E-state index is 0. The molecule has 144 valence electrons. The Hall–Kier alpha value is -2.73. The quantitative estimate of drug-likeness (QED) is 0.743. The average molecular weight is 390 g/mol. The van der Waals surface area contributed by atoms with Crippen molar-refractivity contribution in [1.82, 2.24) is 10.2 Å². The van der Waals surface area contributed by atoms with Crippen molar-refractivity contribution in [1.29, 1.82) is 0 Å². The second kappa shape index (κ2) is 9.28. The van der Waals surface area contributed by atoms with E-state index in [1.165, 1.54) is 0 Å². The van der Waals surface area contributed by atoms with Crippen molar-refractivity contribution in [2.45, 2.75) is 19.4 Å². The molecule has 2 aromatic carbocycles. The minimum Gasteiger partial charge on any atom is -0.492 e. The fraction of sp³-hybridized carbons (Fsp3) is 0.300. The summed E-state index contributed by atoms with van der Waals surface area (Å²) in [4.78, 5) is 26.4. The highest BCUT2D eigenvalue weighted by Gasteiger charge is 2.30. The molecule has 6 nitrogen and oxygen atoms in total. The Balaban J connectivity index is 0.00000261. The number of halogens is 1. The van der Waals surface area contributed by atoms with Crippen LogP contribution >= 0.6 is 12.4 Å². The number of nitrogen functional groups attached to an aromatic ring is 1. The van der Waals surface area contributed by atoms with E-state index in [1.54, 1.807) is 17.0 Å². The molecule has 0 saturated carbocycles. The number of hydrogen-bond donors (Lipinski definition) is 2. The summed E-state index contributed by atoms with van der Waals surface area (Å²) >= 11 is 0. The van der Waals surface area contributed by atoms with Gasteiger partial charge in [0.2, 0.25) is 5.91 Å². The van der Waals surface area contributed by atoms with Gasteiger partial charge >= 0.3 is 0 Å². The van der Waals surface area contributed by atoms with Gasteiger partial charge in [-0.25, -0.2) is 0 Å².